The normalized spacial score (nSPS) is 15.1. The van der Waals surface area contributed by atoms with Crippen molar-refractivity contribution in [3.63, 3.8) is 0 Å². The number of hydrogen-bond acceptors (Lipinski definition) is 3. The van der Waals surface area contributed by atoms with Gasteiger partial charge in [0.15, 0.2) is 17.5 Å². The van der Waals surface area contributed by atoms with Crippen molar-refractivity contribution in [2.24, 2.45) is 4.99 Å². The van der Waals surface area contributed by atoms with Crippen LogP contribution in [0.15, 0.2) is 47.5 Å². The van der Waals surface area contributed by atoms with Gasteiger partial charge in [-0.2, -0.15) is 0 Å². The number of rotatable bonds is 8. The van der Waals surface area contributed by atoms with Crippen LogP contribution in [0, 0.1) is 5.82 Å². The molecule has 0 spiro atoms. The highest BCUT2D eigenvalue weighted by Crippen LogP contribution is 2.47. The summed E-state index contributed by atoms with van der Waals surface area (Å²) in [5.41, 5.74) is 2.08. The van der Waals surface area contributed by atoms with Crippen LogP contribution in [0.1, 0.15) is 30.9 Å². The third-order valence-corrected chi connectivity index (χ3v) is 5.10. The van der Waals surface area contributed by atoms with Crippen LogP contribution in [0.4, 0.5) is 4.39 Å². The first-order valence-corrected chi connectivity index (χ1v) is 9.59. The van der Waals surface area contributed by atoms with Crippen molar-refractivity contribution in [1.29, 1.82) is 0 Å². The number of guanidine groups is 1. The van der Waals surface area contributed by atoms with E-state index in [1.54, 1.807) is 26.4 Å². The number of hydrogen-bond donors (Lipinski definition) is 2. The molecule has 0 unspecified atom stereocenters. The number of methoxy groups -OCH3 is 2. The molecule has 2 aromatic rings. The van der Waals surface area contributed by atoms with Crippen LogP contribution >= 0.6 is 0 Å². The molecule has 3 rings (SSSR count). The van der Waals surface area contributed by atoms with Gasteiger partial charge in [0.25, 0.3) is 0 Å². The largest absolute Gasteiger partial charge is 0.493 e. The third kappa shape index (κ3) is 4.74. The summed E-state index contributed by atoms with van der Waals surface area (Å²) in [5, 5.41) is 6.70. The summed E-state index contributed by atoms with van der Waals surface area (Å²) in [5.74, 6) is 1.96. The Morgan fingerprint density at radius 3 is 2.50 bits per heavy atom. The van der Waals surface area contributed by atoms with E-state index < -0.39 is 0 Å². The molecule has 0 aliphatic heterocycles. The Kier molecular flexibility index (Phi) is 6.39. The fourth-order valence-corrected chi connectivity index (χ4v) is 3.28. The average molecular weight is 385 g/mol. The highest BCUT2D eigenvalue weighted by Gasteiger charge is 2.44. The smallest absolute Gasteiger partial charge is 0.191 e. The summed E-state index contributed by atoms with van der Waals surface area (Å²) >= 11 is 0. The molecule has 0 amide bonds. The molecule has 1 saturated carbocycles. The molecule has 1 fully saturated rings. The lowest BCUT2D eigenvalue weighted by Gasteiger charge is -2.19. The van der Waals surface area contributed by atoms with Gasteiger partial charge in [0.1, 0.15) is 5.82 Å². The van der Waals surface area contributed by atoms with Crippen LogP contribution < -0.4 is 20.1 Å². The Balaban J connectivity index is 1.66. The van der Waals surface area contributed by atoms with Gasteiger partial charge in [0.05, 0.1) is 20.8 Å². The molecule has 2 aromatic carbocycles. The molecule has 28 heavy (non-hydrogen) atoms. The van der Waals surface area contributed by atoms with Crippen LogP contribution in [0.3, 0.4) is 0 Å². The second-order valence-electron chi connectivity index (χ2n) is 7.03. The summed E-state index contributed by atoms with van der Waals surface area (Å²) in [6, 6.07) is 12.7. The first-order chi connectivity index (χ1) is 13.6. The molecule has 1 aliphatic carbocycles. The zero-order valence-corrected chi connectivity index (χ0v) is 16.7. The molecule has 6 heteroatoms. The van der Waals surface area contributed by atoms with E-state index in [0.717, 1.165) is 43.0 Å². The van der Waals surface area contributed by atoms with Crippen LogP contribution in [0.25, 0.3) is 0 Å². The maximum atomic E-state index is 13.6. The number of aliphatic imine (C=N–C) groups is 1. The van der Waals surface area contributed by atoms with E-state index in [1.807, 2.05) is 31.2 Å². The predicted molar refractivity (Wildman–Crippen MR) is 110 cm³/mol. The van der Waals surface area contributed by atoms with Gasteiger partial charge in [0, 0.05) is 18.5 Å². The van der Waals surface area contributed by atoms with E-state index in [4.69, 9.17) is 9.47 Å². The zero-order valence-electron chi connectivity index (χ0n) is 16.7. The van der Waals surface area contributed by atoms with Crippen LogP contribution in [-0.2, 0) is 12.0 Å². The van der Waals surface area contributed by atoms with Crippen molar-refractivity contribution in [2.45, 2.75) is 31.7 Å². The Labute approximate surface area is 166 Å². The van der Waals surface area contributed by atoms with Crippen molar-refractivity contribution in [3.8, 4) is 11.5 Å². The lowest BCUT2D eigenvalue weighted by atomic mass is 9.96. The number of nitrogens with one attached hydrogen (secondary N) is 2. The monoisotopic (exact) mass is 385 g/mol. The van der Waals surface area contributed by atoms with Crippen molar-refractivity contribution in [3.05, 3.63) is 59.4 Å². The summed E-state index contributed by atoms with van der Waals surface area (Å²) in [4.78, 5) is 4.68. The summed E-state index contributed by atoms with van der Waals surface area (Å²) < 4.78 is 24.2. The van der Waals surface area contributed by atoms with Gasteiger partial charge in [-0.3, -0.25) is 0 Å². The van der Waals surface area contributed by atoms with Crippen LogP contribution in [0.5, 0.6) is 11.5 Å². The van der Waals surface area contributed by atoms with Gasteiger partial charge < -0.3 is 20.1 Å². The molecule has 2 N–H and O–H groups in total. The first-order valence-electron chi connectivity index (χ1n) is 9.59. The topological polar surface area (TPSA) is 54.9 Å². The molecule has 0 aromatic heterocycles. The minimum absolute atomic E-state index is 0.00161. The quantitative estimate of drug-likeness (QED) is 0.538. The number of ether oxygens (including phenoxy) is 2. The standard InChI is InChI=1S/C22H28FN3O2/c1-4-24-21(25-14-16-8-9-19(27-2)20(12-16)28-3)26-15-22(10-11-22)17-6-5-7-18(23)13-17/h5-9,12-13H,4,10-11,14-15H2,1-3H3,(H2,24,25,26). The van der Waals surface area contributed by atoms with Gasteiger partial charge in [-0.15, -0.1) is 0 Å². The lowest BCUT2D eigenvalue weighted by molar-refractivity contribution is 0.354. The van der Waals surface area contributed by atoms with Gasteiger partial charge in [0.2, 0.25) is 0 Å². The summed E-state index contributed by atoms with van der Waals surface area (Å²) in [6.45, 7) is 4.05. The molecule has 1 aliphatic rings. The van der Waals surface area contributed by atoms with Crippen molar-refractivity contribution in [1.82, 2.24) is 10.6 Å². The minimum atomic E-state index is -0.183. The van der Waals surface area contributed by atoms with E-state index in [9.17, 15) is 4.39 Å². The Morgan fingerprint density at radius 1 is 1.07 bits per heavy atom. The number of nitrogens with zero attached hydrogens (tertiary/aromatic N) is 1. The van der Waals surface area contributed by atoms with Crippen molar-refractivity contribution < 1.29 is 13.9 Å². The molecule has 0 radical (unpaired) electrons. The predicted octanol–water partition coefficient (Wildman–Crippen LogP) is 3.63. The number of halogens is 1. The van der Waals surface area contributed by atoms with E-state index >= 15 is 0 Å². The van der Waals surface area contributed by atoms with E-state index in [0.29, 0.717) is 18.0 Å². The molecule has 0 heterocycles. The van der Waals surface area contributed by atoms with Crippen molar-refractivity contribution in [2.75, 3.05) is 27.3 Å². The van der Waals surface area contributed by atoms with Gasteiger partial charge in [-0.05, 0) is 55.2 Å². The van der Waals surface area contributed by atoms with Crippen LogP contribution in [-0.4, -0.2) is 33.3 Å². The number of benzene rings is 2. The minimum Gasteiger partial charge on any atom is -0.493 e. The molecule has 0 atom stereocenters. The molecular weight excluding hydrogens is 357 g/mol. The second kappa shape index (κ2) is 8.95. The Hall–Kier alpha value is -2.76. The maximum Gasteiger partial charge on any atom is 0.191 e. The van der Waals surface area contributed by atoms with Gasteiger partial charge >= 0.3 is 0 Å². The molecule has 150 valence electrons. The van der Waals surface area contributed by atoms with E-state index in [1.165, 1.54) is 6.07 Å². The van der Waals surface area contributed by atoms with Crippen LogP contribution in [0.2, 0.25) is 0 Å². The highest BCUT2D eigenvalue weighted by molar-refractivity contribution is 5.80. The lowest BCUT2D eigenvalue weighted by Crippen LogP contribution is -2.41. The molecular formula is C22H28FN3O2. The van der Waals surface area contributed by atoms with E-state index in [-0.39, 0.29) is 11.2 Å². The summed E-state index contributed by atoms with van der Waals surface area (Å²) in [6.07, 6.45) is 2.11. The zero-order chi connectivity index (χ0) is 20.0. The van der Waals surface area contributed by atoms with Gasteiger partial charge in [-0.1, -0.05) is 18.2 Å². The second-order valence-corrected chi connectivity index (χ2v) is 7.03. The Morgan fingerprint density at radius 2 is 1.86 bits per heavy atom. The van der Waals surface area contributed by atoms with E-state index in [2.05, 4.69) is 15.6 Å². The fraction of sp³-hybridized carbons (Fsp3) is 0.409. The van der Waals surface area contributed by atoms with Gasteiger partial charge in [-0.25, -0.2) is 9.38 Å². The molecule has 0 saturated heterocycles. The third-order valence-electron chi connectivity index (χ3n) is 5.10. The first kappa shape index (κ1) is 20.0. The average Bonchev–Trinajstić information content (AvgIpc) is 3.51. The molecule has 5 nitrogen and oxygen atoms in total. The Bertz CT molecular complexity index is 834. The fourth-order valence-electron chi connectivity index (χ4n) is 3.28. The SMILES string of the molecule is CCNC(=NCc1ccc(OC)c(OC)c1)NCC1(c2cccc(F)c2)CC1. The molecule has 0 bridgehead atoms. The highest BCUT2D eigenvalue weighted by atomic mass is 19.1. The summed E-state index contributed by atoms with van der Waals surface area (Å²) in [7, 11) is 3.24. The van der Waals surface area contributed by atoms with Crippen molar-refractivity contribution >= 4 is 5.96 Å². The maximum absolute atomic E-state index is 13.6.